The summed E-state index contributed by atoms with van der Waals surface area (Å²) in [7, 11) is 1.96. The minimum atomic E-state index is 0.834. The molecule has 1 fully saturated rings. The minimum absolute atomic E-state index is 0.834. The highest BCUT2D eigenvalue weighted by Gasteiger charge is 2.25. The van der Waals surface area contributed by atoms with Gasteiger partial charge in [-0.25, -0.2) is 0 Å². The first kappa shape index (κ1) is 14.6. The lowest BCUT2D eigenvalue weighted by molar-refractivity contribution is 0.311. The molecule has 1 rings (SSSR count). The van der Waals surface area contributed by atoms with E-state index >= 15 is 0 Å². The summed E-state index contributed by atoms with van der Waals surface area (Å²) in [6.07, 6.45) is 12.8. The Labute approximate surface area is 108 Å². The Morgan fingerprint density at radius 3 is 2.59 bits per heavy atom. The van der Waals surface area contributed by atoms with Gasteiger partial charge in [0.2, 0.25) is 0 Å². The van der Waals surface area contributed by atoms with Crippen molar-refractivity contribution >= 4 is 0 Å². The van der Waals surface area contributed by atoms with Crippen LogP contribution in [0.3, 0.4) is 0 Å². The molecule has 1 N–H and O–H groups in total. The second-order valence-electron chi connectivity index (χ2n) is 6.26. The summed E-state index contributed by atoms with van der Waals surface area (Å²) >= 11 is 0. The van der Waals surface area contributed by atoms with Gasteiger partial charge in [-0.1, -0.05) is 46.1 Å². The van der Waals surface area contributed by atoms with Gasteiger partial charge >= 0.3 is 0 Å². The third-order valence-electron chi connectivity index (χ3n) is 4.48. The van der Waals surface area contributed by atoms with Crippen LogP contribution in [-0.2, 0) is 0 Å². The molecule has 17 heavy (non-hydrogen) atoms. The molecule has 100 valence electrons. The van der Waals surface area contributed by atoms with E-state index in [2.05, 4.69) is 38.4 Å². The average Bonchev–Trinajstić information content (AvgIpc) is 2.73. The van der Waals surface area contributed by atoms with Gasteiger partial charge < -0.3 is 5.32 Å². The van der Waals surface area contributed by atoms with Crippen LogP contribution in [0.5, 0.6) is 0 Å². The molecule has 1 heteroatoms. The van der Waals surface area contributed by atoms with Gasteiger partial charge in [-0.2, -0.15) is 0 Å². The molecule has 0 heterocycles. The van der Waals surface area contributed by atoms with E-state index in [9.17, 15) is 0 Å². The standard InChI is InChI=1S/C16H31N/c1-13(6-5-11-17-4)7-9-15(3)16-10-8-14(2)12-16/h5,11,13-17H,6-10,12H2,1-4H3/b11-5-/t13?,14?,15?,16-/m0/s1. The fourth-order valence-electron chi connectivity index (χ4n) is 3.09. The molecule has 0 aromatic rings. The third-order valence-corrected chi connectivity index (χ3v) is 4.48. The zero-order valence-corrected chi connectivity index (χ0v) is 12.2. The van der Waals surface area contributed by atoms with Crippen LogP contribution < -0.4 is 5.32 Å². The van der Waals surface area contributed by atoms with E-state index in [1.165, 1.54) is 38.5 Å². The molecule has 1 saturated carbocycles. The summed E-state index contributed by atoms with van der Waals surface area (Å²) in [5, 5.41) is 3.06. The number of hydrogen-bond donors (Lipinski definition) is 1. The number of nitrogens with one attached hydrogen (secondary N) is 1. The van der Waals surface area contributed by atoms with E-state index in [1.54, 1.807) is 0 Å². The lowest BCUT2D eigenvalue weighted by Crippen LogP contribution is -2.10. The fourth-order valence-corrected chi connectivity index (χ4v) is 3.09. The predicted octanol–water partition coefficient (Wildman–Crippen LogP) is 4.60. The predicted molar refractivity (Wildman–Crippen MR) is 76.9 cm³/mol. The molecular formula is C16H31N. The first-order chi connectivity index (χ1) is 8.13. The van der Waals surface area contributed by atoms with E-state index in [-0.39, 0.29) is 0 Å². The van der Waals surface area contributed by atoms with Gasteiger partial charge in [0.25, 0.3) is 0 Å². The Morgan fingerprint density at radius 1 is 1.24 bits per heavy atom. The Hall–Kier alpha value is -0.460. The minimum Gasteiger partial charge on any atom is -0.394 e. The van der Waals surface area contributed by atoms with E-state index in [0.29, 0.717) is 0 Å². The maximum absolute atomic E-state index is 3.06. The summed E-state index contributed by atoms with van der Waals surface area (Å²) in [4.78, 5) is 0. The van der Waals surface area contributed by atoms with Crippen molar-refractivity contribution in [2.24, 2.45) is 23.7 Å². The highest BCUT2D eigenvalue weighted by molar-refractivity contribution is 4.81. The van der Waals surface area contributed by atoms with E-state index in [0.717, 1.165) is 23.7 Å². The average molecular weight is 237 g/mol. The van der Waals surface area contributed by atoms with Crippen molar-refractivity contribution < 1.29 is 0 Å². The van der Waals surface area contributed by atoms with Gasteiger partial charge in [0.05, 0.1) is 0 Å². The van der Waals surface area contributed by atoms with Gasteiger partial charge in [-0.05, 0) is 49.1 Å². The fraction of sp³-hybridized carbons (Fsp3) is 0.875. The third kappa shape index (κ3) is 5.61. The second kappa shape index (κ2) is 7.79. The Morgan fingerprint density at radius 2 is 2.00 bits per heavy atom. The van der Waals surface area contributed by atoms with Crippen LogP contribution in [0.1, 0.15) is 59.3 Å². The molecule has 1 aliphatic rings. The van der Waals surface area contributed by atoms with Crippen molar-refractivity contribution in [3.05, 3.63) is 12.3 Å². The molecule has 3 unspecified atom stereocenters. The van der Waals surface area contributed by atoms with Gasteiger partial charge in [0, 0.05) is 7.05 Å². The van der Waals surface area contributed by atoms with E-state index < -0.39 is 0 Å². The maximum atomic E-state index is 3.06. The van der Waals surface area contributed by atoms with Crippen molar-refractivity contribution in [1.29, 1.82) is 0 Å². The maximum Gasteiger partial charge on any atom is 0.00276 e. The summed E-state index contributed by atoms with van der Waals surface area (Å²) in [5.74, 6) is 3.78. The Bertz CT molecular complexity index is 222. The van der Waals surface area contributed by atoms with Crippen molar-refractivity contribution in [3.8, 4) is 0 Å². The summed E-state index contributed by atoms with van der Waals surface area (Å²) in [6, 6.07) is 0. The van der Waals surface area contributed by atoms with Crippen LogP contribution in [-0.4, -0.2) is 7.05 Å². The smallest absolute Gasteiger partial charge is 0.00276 e. The summed E-state index contributed by atoms with van der Waals surface area (Å²) in [6.45, 7) is 7.26. The van der Waals surface area contributed by atoms with Gasteiger partial charge in [-0.15, -0.1) is 0 Å². The molecule has 1 nitrogen and oxygen atoms in total. The molecule has 0 bridgehead atoms. The van der Waals surface area contributed by atoms with Crippen molar-refractivity contribution in [2.75, 3.05) is 7.05 Å². The van der Waals surface area contributed by atoms with Gasteiger partial charge in [0.15, 0.2) is 0 Å². The highest BCUT2D eigenvalue weighted by Crippen LogP contribution is 2.37. The van der Waals surface area contributed by atoms with Gasteiger partial charge in [-0.3, -0.25) is 0 Å². The molecule has 0 radical (unpaired) electrons. The van der Waals surface area contributed by atoms with Crippen LogP contribution >= 0.6 is 0 Å². The molecular weight excluding hydrogens is 206 g/mol. The largest absolute Gasteiger partial charge is 0.394 e. The molecule has 0 amide bonds. The molecule has 0 spiro atoms. The second-order valence-corrected chi connectivity index (χ2v) is 6.26. The van der Waals surface area contributed by atoms with Crippen molar-refractivity contribution in [1.82, 2.24) is 5.32 Å². The molecule has 0 aromatic carbocycles. The van der Waals surface area contributed by atoms with Crippen LogP contribution in [0, 0.1) is 23.7 Å². The van der Waals surface area contributed by atoms with Crippen LogP contribution in [0.4, 0.5) is 0 Å². The number of hydrogen-bond acceptors (Lipinski definition) is 1. The number of allylic oxidation sites excluding steroid dienone is 1. The van der Waals surface area contributed by atoms with Crippen molar-refractivity contribution in [2.45, 2.75) is 59.3 Å². The highest BCUT2D eigenvalue weighted by atomic mass is 14.8. The topological polar surface area (TPSA) is 12.0 Å². The molecule has 0 saturated heterocycles. The van der Waals surface area contributed by atoms with E-state index in [4.69, 9.17) is 0 Å². The monoisotopic (exact) mass is 237 g/mol. The Kier molecular flexibility index (Phi) is 6.69. The quantitative estimate of drug-likeness (QED) is 0.682. The van der Waals surface area contributed by atoms with Gasteiger partial charge in [0.1, 0.15) is 0 Å². The molecule has 4 atom stereocenters. The van der Waals surface area contributed by atoms with Crippen LogP contribution in [0.15, 0.2) is 12.3 Å². The molecule has 0 aromatic heterocycles. The lowest BCUT2D eigenvalue weighted by Gasteiger charge is -2.20. The molecule has 0 aliphatic heterocycles. The van der Waals surface area contributed by atoms with Crippen LogP contribution in [0.2, 0.25) is 0 Å². The van der Waals surface area contributed by atoms with Crippen LogP contribution in [0.25, 0.3) is 0 Å². The summed E-state index contributed by atoms with van der Waals surface area (Å²) in [5.41, 5.74) is 0. The zero-order valence-electron chi connectivity index (χ0n) is 12.2. The lowest BCUT2D eigenvalue weighted by atomic mass is 9.85. The number of rotatable bonds is 7. The normalized spacial score (nSPS) is 28.5. The SMILES string of the molecule is CN/C=C\CC(C)CCC(C)[C@H]1CCC(C)C1. The Balaban J connectivity index is 2.14. The van der Waals surface area contributed by atoms with Crippen molar-refractivity contribution in [3.63, 3.8) is 0 Å². The molecule has 1 aliphatic carbocycles. The zero-order chi connectivity index (χ0) is 12.7. The first-order valence-corrected chi connectivity index (χ1v) is 7.45. The van der Waals surface area contributed by atoms with E-state index in [1.807, 2.05) is 7.05 Å². The first-order valence-electron chi connectivity index (χ1n) is 7.45. The summed E-state index contributed by atoms with van der Waals surface area (Å²) < 4.78 is 0.